The molecule has 9 heteroatoms. The van der Waals surface area contributed by atoms with Gasteiger partial charge in [0.1, 0.15) is 41.5 Å². The lowest BCUT2D eigenvalue weighted by Crippen LogP contribution is -2.35. The molecule has 2 heterocycles. The Balaban J connectivity index is 1.91. The summed E-state index contributed by atoms with van der Waals surface area (Å²) in [6.07, 6.45) is 3.22. The smallest absolute Gasteiger partial charge is 0.342 e. The van der Waals surface area contributed by atoms with Gasteiger partial charge in [0.05, 0.1) is 6.61 Å². The zero-order valence-corrected chi connectivity index (χ0v) is 17.7. The zero-order valence-electron chi connectivity index (χ0n) is 17.7. The Kier molecular flexibility index (Phi) is 8.03. The molecule has 0 bridgehead atoms. The molecule has 32 heavy (non-hydrogen) atoms. The molecule has 0 saturated carbocycles. The van der Waals surface area contributed by atoms with Crippen molar-refractivity contribution < 1.29 is 44.2 Å². The number of hydrogen-bond acceptors (Lipinski definition) is 9. The highest BCUT2D eigenvalue weighted by Crippen LogP contribution is 2.32. The van der Waals surface area contributed by atoms with E-state index in [1.54, 1.807) is 13.0 Å². The molecule has 174 valence electrons. The van der Waals surface area contributed by atoms with E-state index in [1.807, 2.05) is 12.2 Å². The summed E-state index contributed by atoms with van der Waals surface area (Å²) in [6, 6.07) is 2.52. The van der Waals surface area contributed by atoms with E-state index in [4.69, 9.17) is 14.2 Å². The van der Waals surface area contributed by atoms with Crippen LogP contribution in [0.5, 0.6) is 11.5 Å². The van der Waals surface area contributed by atoms with Crippen LogP contribution in [0.4, 0.5) is 0 Å². The number of hydrogen-bond donors (Lipinski definition) is 4. The fourth-order valence-corrected chi connectivity index (χ4v) is 3.55. The molecule has 3 rings (SSSR count). The van der Waals surface area contributed by atoms with E-state index < -0.39 is 49.0 Å². The number of phenolic OH excluding ortho intramolecular Hbond substituents is 1. The SMILES string of the molecule is C[C@H]1C/C=C/CC/C=C/C(=O)Cc2cc(OC3OC(CO)C(O)C3O)cc(O)c2C(=O)O1. The Hall–Kier alpha value is -2.72. The normalized spacial score (nSPS) is 31.3. The van der Waals surface area contributed by atoms with Crippen molar-refractivity contribution in [3.8, 4) is 11.5 Å². The van der Waals surface area contributed by atoms with Crippen molar-refractivity contribution >= 4 is 11.8 Å². The minimum absolute atomic E-state index is 0.0118. The van der Waals surface area contributed by atoms with Gasteiger partial charge in [0.15, 0.2) is 5.78 Å². The first-order valence-electron chi connectivity index (χ1n) is 10.5. The van der Waals surface area contributed by atoms with Gasteiger partial charge in [-0.05, 0) is 37.5 Å². The van der Waals surface area contributed by atoms with Crippen LogP contribution in [-0.2, 0) is 20.7 Å². The molecule has 1 fully saturated rings. The molecule has 1 saturated heterocycles. The Morgan fingerprint density at radius 2 is 1.84 bits per heavy atom. The maximum absolute atomic E-state index is 12.7. The maximum Gasteiger partial charge on any atom is 0.342 e. The number of phenols is 1. The highest BCUT2D eigenvalue weighted by atomic mass is 16.7. The molecule has 1 aromatic rings. The summed E-state index contributed by atoms with van der Waals surface area (Å²) in [5, 5.41) is 39.7. The summed E-state index contributed by atoms with van der Waals surface area (Å²) < 4.78 is 16.3. The Morgan fingerprint density at radius 1 is 1.09 bits per heavy atom. The minimum Gasteiger partial charge on any atom is -0.507 e. The number of ketones is 1. The number of carbonyl (C=O) groups excluding carboxylic acids is 2. The van der Waals surface area contributed by atoms with Crippen LogP contribution in [0.2, 0.25) is 0 Å². The van der Waals surface area contributed by atoms with Crippen LogP contribution in [0, 0.1) is 0 Å². The van der Waals surface area contributed by atoms with Gasteiger partial charge in [-0.1, -0.05) is 18.2 Å². The van der Waals surface area contributed by atoms with Gasteiger partial charge in [0, 0.05) is 18.9 Å². The van der Waals surface area contributed by atoms with Gasteiger partial charge >= 0.3 is 5.97 Å². The van der Waals surface area contributed by atoms with E-state index in [0.29, 0.717) is 12.8 Å². The van der Waals surface area contributed by atoms with Crippen LogP contribution >= 0.6 is 0 Å². The molecule has 0 radical (unpaired) electrons. The standard InChI is InChI=1S/C23H28O9/c1-13-7-5-3-2-4-6-8-15(25)9-14-10-16(11-17(26)19(14)22(29)30-13)31-23-21(28)20(27)18(12-24)32-23/h3,5-6,8,10-11,13,18,20-21,23-24,26-28H,2,4,7,9,12H2,1H3/b5-3+,8-6+/t13-,18?,20?,21?,23?/m0/s1. The molecule has 0 aromatic heterocycles. The van der Waals surface area contributed by atoms with Crippen LogP contribution in [0.1, 0.15) is 42.1 Å². The average Bonchev–Trinajstić information content (AvgIpc) is 3.00. The van der Waals surface area contributed by atoms with E-state index in [2.05, 4.69) is 0 Å². The molecule has 4 unspecified atom stereocenters. The summed E-state index contributed by atoms with van der Waals surface area (Å²) >= 11 is 0. The number of allylic oxidation sites excluding steroid dienone is 3. The topological polar surface area (TPSA) is 143 Å². The van der Waals surface area contributed by atoms with Crippen molar-refractivity contribution in [3.63, 3.8) is 0 Å². The van der Waals surface area contributed by atoms with E-state index in [1.165, 1.54) is 12.1 Å². The molecule has 0 spiro atoms. The van der Waals surface area contributed by atoms with Crippen molar-refractivity contribution in [2.45, 2.75) is 63.3 Å². The summed E-state index contributed by atoms with van der Waals surface area (Å²) in [5.74, 6) is -1.50. The number of rotatable bonds is 3. The predicted molar refractivity (Wildman–Crippen MR) is 112 cm³/mol. The molecular formula is C23H28O9. The minimum atomic E-state index is -1.44. The molecular weight excluding hydrogens is 420 g/mol. The Labute approximate surface area is 185 Å². The third kappa shape index (κ3) is 5.74. The average molecular weight is 448 g/mol. The van der Waals surface area contributed by atoms with E-state index in [0.717, 1.165) is 12.5 Å². The van der Waals surface area contributed by atoms with E-state index in [9.17, 15) is 30.0 Å². The molecule has 2 aliphatic rings. The summed E-state index contributed by atoms with van der Waals surface area (Å²) in [7, 11) is 0. The van der Waals surface area contributed by atoms with Crippen molar-refractivity contribution in [1.82, 2.24) is 0 Å². The van der Waals surface area contributed by atoms with Gasteiger partial charge in [-0.3, -0.25) is 4.79 Å². The fraction of sp³-hybridized carbons (Fsp3) is 0.478. The van der Waals surface area contributed by atoms with Crippen LogP contribution in [0.3, 0.4) is 0 Å². The lowest BCUT2D eigenvalue weighted by molar-refractivity contribution is -0.116. The lowest BCUT2D eigenvalue weighted by Gasteiger charge is -2.19. The first kappa shape index (κ1) is 23.9. The monoisotopic (exact) mass is 448 g/mol. The zero-order chi connectivity index (χ0) is 23.3. The Bertz CT molecular complexity index is 892. The second kappa shape index (κ2) is 10.7. The first-order valence-corrected chi connectivity index (χ1v) is 10.5. The number of benzene rings is 1. The second-order valence-electron chi connectivity index (χ2n) is 7.85. The van der Waals surface area contributed by atoms with Gasteiger partial charge in [0.2, 0.25) is 6.29 Å². The highest BCUT2D eigenvalue weighted by molar-refractivity contribution is 5.98. The number of aromatic hydroxyl groups is 1. The molecule has 9 nitrogen and oxygen atoms in total. The Morgan fingerprint density at radius 3 is 2.56 bits per heavy atom. The number of aliphatic hydroxyl groups excluding tert-OH is 3. The van der Waals surface area contributed by atoms with Crippen molar-refractivity contribution in [3.05, 3.63) is 47.6 Å². The third-order valence-corrected chi connectivity index (χ3v) is 5.24. The fourth-order valence-electron chi connectivity index (χ4n) is 3.55. The van der Waals surface area contributed by atoms with Gasteiger partial charge in [-0.25, -0.2) is 4.79 Å². The van der Waals surface area contributed by atoms with Gasteiger partial charge < -0.3 is 34.6 Å². The summed E-state index contributed by atoms with van der Waals surface area (Å²) in [6.45, 7) is 1.21. The maximum atomic E-state index is 12.7. The number of aliphatic hydroxyl groups is 3. The number of cyclic esters (lactones) is 1. The van der Waals surface area contributed by atoms with Crippen LogP contribution in [0.25, 0.3) is 0 Å². The van der Waals surface area contributed by atoms with Gasteiger partial charge in [-0.2, -0.15) is 0 Å². The van der Waals surface area contributed by atoms with Crippen LogP contribution in [0.15, 0.2) is 36.4 Å². The number of carbonyl (C=O) groups is 2. The van der Waals surface area contributed by atoms with E-state index in [-0.39, 0.29) is 29.1 Å². The molecule has 0 aliphatic carbocycles. The first-order chi connectivity index (χ1) is 15.3. The van der Waals surface area contributed by atoms with Crippen molar-refractivity contribution in [1.29, 1.82) is 0 Å². The number of ether oxygens (including phenoxy) is 3. The quantitative estimate of drug-likeness (QED) is 0.396. The molecule has 0 amide bonds. The third-order valence-electron chi connectivity index (χ3n) is 5.24. The lowest BCUT2D eigenvalue weighted by atomic mass is 10.00. The van der Waals surface area contributed by atoms with Crippen LogP contribution in [-0.4, -0.2) is 69.5 Å². The van der Waals surface area contributed by atoms with Crippen molar-refractivity contribution in [2.24, 2.45) is 0 Å². The van der Waals surface area contributed by atoms with Crippen molar-refractivity contribution in [2.75, 3.05) is 6.61 Å². The highest BCUT2D eigenvalue weighted by Gasteiger charge is 2.44. The van der Waals surface area contributed by atoms with E-state index >= 15 is 0 Å². The number of esters is 1. The molecule has 1 aromatic carbocycles. The molecule has 2 aliphatic heterocycles. The van der Waals surface area contributed by atoms with Crippen LogP contribution < -0.4 is 4.74 Å². The number of fused-ring (bicyclic) bond motifs is 1. The molecule has 4 N–H and O–H groups in total. The van der Waals surface area contributed by atoms with Gasteiger partial charge in [-0.15, -0.1) is 0 Å². The predicted octanol–water partition coefficient (Wildman–Crippen LogP) is 1.16. The van der Waals surface area contributed by atoms with Gasteiger partial charge in [0.25, 0.3) is 0 Å². The second-order valence-corrected chi connectivity index (χ2v) is 7.85. The molecule has 5 atom stereocenters. The summed E-state index contributed by atoms with van der Waals surface area (Å²) in [4.78, 5) is 25.2. The largest absolute Gasteiger partial charge is 0.507 e. The summed E-state index contributed by atoms with van der Waals surface area (Å²) in [5.41, 5.74) is 0.0411.